The van der Waals surface area contributed by atoms with Gasteiger partial charge in [0.1, 0.15) is 12.1 Å². The van der Waals surface area contributed by atoms with Gasteiger partial charge in [0.2, 0.25) is 0 Å². The fourth-order valence-electron chi connectivity index (χ4n) is 1.70. The summed E-state index contributed by atoms with van der Waals surface area (Å²) in [5, 5.41) is 21.4. The van der Waals surface area contributed by atoms with Gasteiger partial charge >= 0.3 is 0 Å². The monoisotopic (exact) mass is 267 g/mol. The van der Waals surface area contributed by atoms with Crippen molar-refractivity contribution in [1.82, 2.24) is 0 Å². The SMILES string of the molecule is Cc1ccc(C#N)c(Nc2ccc(C#N)c(Cl)c2)c1. The zero-order chi connectivity index (χ0) is 13.8. The van der Waals surface area contributed by atoms with Crippen molar-refractivity contribution in [2.45, 2.75) is 6.92 Å². The minimum Gasteiger partial charge on any atom is -0.354 e. The smallest absolute Gasteiger partial charge is 0.101 e. The second-order valence-corrected chi connectivity index (χ2v) is 4.50. The molecule has 0 saturated carbocycles. The van der Waals surface area contributed by atoms with E-state index in [0.717, 1.165) is 16.9 Å². The Labute approximate surface area is 116 Å². The topological polar surface area (TPSA) is 59.6 Å². The van der Waals surface area contributed by atoms with Gasteiger partial charge in [0.05, 0.1) is 21.8 Å². The van der Waals surface area contributed by atoms with Gasteiger partial charge < -0.3 is 5.32 Å². The van der Waals surface area contributed by atoms with E-state index >= 15 is 0 Å². The maximum atomic E-state index is 9.06. The van der Waals surface area contributed by atoms with Crippen LogP contribution in [0.1, 0.15) is 16.7 Å². The third-order valence-electron chi connectivity index (χ3n) is 2.66. The quantitative estimate of drug-likeness (QED) is 0.890. The molecule has 4 heteroatoms. The van der Waals surface area contributed by atoms with E-state index < -0.39 is 0 Å². The van der Waals surface area contributed by atoms with Gasteiger partial charge in [-0.05, 0) is 42.8 Å². The summed E-state index contributed by atoms with van der Waals surface area (Å²) in [7, 11) is 0. The number of halogens is 1. The van der Waals surface area contributed by atoms with E-state index in [4.69, 9.17) is 22.1 Å². The molecule has 19 heavy (non-hydrogen) atoms. The first-order chi connectivity index (χ1) is 9.13. The molecule has 0 atom stereocenters. The van der Waals surface area contributed by atoms with Crippen molar-refractivity contribution < 1.29 is 0 Å². The highest BCUT2D eigenvalue weighted by Gasteiger charge is 2.05. The number of aryl methyl sites for hydroxylation is 1. The number of anilines is 2. The summed E-state index contributed by atoms with van der Waals surface area (Å²) >= 11 is 5.97. The van der Waals surface area contributed by atoms with Gasteiger partial charge in [0, 0.05) is 5.69 Å². The van der Waals surface area contributed by atoms with Crippen molar-refractivity contribution >= 4 is 23.0 Å². The van der Waals surface area contributed by atoms with Crippen LogP contribution in [0.25, 0.3) is 0 Å². The zero-order valence-corrected chi connectivity index (χ0v) is 11.0. The average molecular weight is 268 g/mol. The third kappa shape index (κ3) is 2.85. The number of hydrogen-bond acceptors (Lipinski definition) is 3. The molecule has 0 saturated heterocycles. The number of nitriles is 2. The predicted octanol–water partition coefficient (Wildman–Crippen LogP) is 4.14. The van der Waals surface area contributed by atoms with Gasteiger partial charge in [-0.25, -0.2) is 0 Å². The summed E-state index contributed by atoms with van der Waals surface area (Å²) in [5.41, 5.74) is 3.51. The van der Waals surface area contributed by atoms with Gasteiger partial charge in [-0.15, -0.1) is 0 Å². The van der Waals surface area contributed by atoms with Gasteiger partial charge in [-0.2, -0.15) is 10.5 Å². The van der Waals surface area contributed by atoms with Crippen LogP contribution < -0.4 is 5.32 Å². The number of nitrogens with one attached hydrogen (secondary N) is 1. The number of nitrogens with zero attached hydrogens (tertiary/aromatic N) is 2. The molecule has 0 heterocycles. The molecule has 2 rings (SSSR count). The molecule has 0 aromatic heterocycles. The molecule has 92 valence electrons. The first-order valence-electron chi connectivity index (χ1n) is 5.61. The number of benzene rings is 2. The average Bonchev–Trinajstić information content (AvgIpc) is 2.39. The largest absolute Gasteiger partial charge is 0.354 e. The van der Waals surface area contributed by atoms with Crippen LogP contribution >= 0.6 is 11.6 Å². The molecule has 1 N–H and O–H groups in total. The van der Waals surface area contributed by atoms with Crippen LogP contribution in [0.2, 0.25) is 5.02 Å². The molecule has 0 aliphatic heterocycles. The van der Waals surface area contributed by atoms with Crippen molar-refractivity contribution in [3.8, 4) is 12.1 Å². The summed E-state index contributed by atoms with van der Waals surface area (Å²) < 4.78 is 0. The fraction of sp³-hybridized carbons (Fsp3) is 0.0667. The van der Waals surface area contributed by atoms with E-state index in [9.17, 15) is 0 Å². The van der Waals surface area contributed by atoms with E-state index in [1.807, 2.05) is 25.1 Å². The summed E-state index contributed by atoms with van der Waals surface area (Å²) in [6, 6.07) is 14.8. The lowest BCUT2D eigenvalue weighted by atomic mass is 10.1. The minimum absolute atomic E-state index is 0.388. The number of hydrogen-bond donors (Lipinski definition) is 1. The Kier molecular flexibility index (Phi) is 3.71. The first kappa shape index (κ1) is 13.0. The van der Waals surface area contributed by atoms with E-state index in [1.54, 1.807) is 24.3 Å². The lowest BCUT2D eigenvalue weighted by Gasteiger charge is -2.09. The minimum atomic E-state index is 0.388. The summed E-state index contributed by atoms with van der Waals surface area (Å²) in [6.07, 6.45) is 0. The Balaban J connectivity index is 2.37. The maximum absolute atomic E-state index is 9.06. The maximum Gasteiger partial charge on any atom is 0.101 e. The molecule has 0 unspecified atom stereocenters. The molecule has 0 radical (unpaired) electrons. The number of rotatable bonds is 2. The first-order valence-corrected chi connectivity index (χ1v) is 5.99. The van der Waals surface area contributed by atoms with Gasteiger partial charge in [0.15, 0.2) is 0 Å². The lowest BCUT2D eigenvalue weighted by Crippen LogP contribution is -1.94. The van der Waals surface area contributed by atoms with Crippen LogP contribution in [0.4, 0.5) is 11.4 Å². The normalized spacial score (nSPS) is 9.47. The van der Waals surface area contributed by atoms with E-state index in [0.29, 0.717) is 16.1 Å². The molecule has 0 amide bonds. The highest BCUT2D eigenvalue weighted by molar-refractivity contribution is 6.32. The summed E-state index contributed by atoms with van der Waals surface area (Å²) in [4.78, 5) is 0. The van der Waals surface area contributed by atoms with E-state index in [2.05, 4.69) is 11.4 Å². The molecule has 2 aromatic carbocycles. The highest BCUT2D eigenvalue weighted by atomic mass is 35.5. The van der Waals surface area contributed by atoms with Crippen molar-refractivity contribution in [3.05, 3.63) is 58.1 Å². The molecule has 0 aliphatic rings. The van der Waals surface area contributed by atoms with Crippen LogP contribution in [0.15, 0.2) is 36.4 Å². The molecule has 0 spiro atoms. The fourth-order valence-corrected chi connectivity index (χ4v) is 1.92. The third-order valence-corrected chi connectivity index (χ3v) is 2.98. The standard InChI is InChI=1S/C15H10ClN3/c1-10-2-3-12(9-18)15(6-10)19-13-5-4-11(8-17)14(16)7-13/h2-7,19H,1H3. The molecular formula is C15H10ClN3. The van der Waals surface area contributed by atoms with Gasteiger partial charge in [-0.3, -0.25) is 0 Å². The van der Waals surface area contributed by atoms with Crippen molar-refractivity contribution in [1.29, 1.82) is 10.5 Å². The zero-order valence-electron chi connectivity index (χ0n) is 10.2. The van der Waals surface area contributed by atoms with E-state index in [-0.39, 0.29) is 0 Å². The highest BCUT2D eigenvalue weighted by Crippen LogP contribution is 2.25. The summed E-state index contributed by atoms with van der Waals surface area (Å²) in [5.74, 6) is 0. The Morgan fingerprint density at radius 2 is 1.68 bits per heavy atom. The molecule has 0 fully saturated rings. The van der Waals surface area contributed by atoms with Crippen LogP contribution in [0.5, 0.6) is 0 Å². The van der Waals surface area contributed by atoms with Crippen LogP contribution in [-0.2, 0) is 0 Å². The second kappa shape index (κ2) is 5.44. The molecule has 0 aliphatic carbocycles. The second-order valence-electron chi connectivity index (χ2n) is 4.09. The van der Waals surface area contributed by atoms with Crippen LogP contribution in [0.3, 0.4) is 0 Å². The Morgan fingerprint density at radius 1 is 1.00 bits per heavy atom. The van der Waals surface area contributed by atoms with E-state index in [1.165, 1.54) is 0 Å². The Hall–Kier alpha value is -2.49. The Morgan fingerprint density at radius 3 is 2.32 bits per heavy atom. The molecule has 3 nitrogen and oxygen atoms in total. The molecular weight excluding hydrogens is 258 g/mol. The predicted molar refractivity (Wildman–Crippen MR) is 75.3 cm³/mol. The van der Waals surface area contributed by atoms with Crippen molar-refractivity contribution in [3.63, 3.8) is 0 Å². The Bertz CT molecular complexity index is 708. The van der Waals surface area contributed by atoms with Crippen molar-refractivity contribution in [2.75, 3.05) is 5.32 Å². The van der Waals surface area contributed by atoms with Gasteiger partial charge in [-0.1, -0.05) is 17.7 Å². The molecule has 2 aromatic rings. The van der Waals surface area contributed by atoms with Crippen molar-refractivity contribution in [2.24, 2.45) is 0 Å². The lowest BCUT2D eigenvalue weighted by molar-refractivity contribution is 1.41. The van der Waals surface area contributed by atoms with Gasteiger partial charge in [0.25, 0.3) is 0 Å². The van der Waals surface area contributed by atoms with Crippen LogP contribution in [0, 0.1) is 29.6 Å². The molecule has 0 bridgehead atoms. The van der Waals surface area contributed by atoms with Crippen LogP contribution in [-0.4, -0.2) is 0 Å². The summed E-state index contributed by atoms with van der Waals surface area (Å²) in [6.45, 7) is 1.96.